The van der Waals surface area contributed by atoms with Crippen molar-refractivity contribution in [3.63, 3.8) is 0 Å². The van der Waals surface area contributed by atoms with Crippen molar-refractivity contribution >= 4 is 17.0 Å². The normalized spacial score (nSPS) is 16.2. The minimum atomic E-state index is -2.78. The van der Waals surface area contributed by atoms with Gasteiger partial charge in [-0.2, -0.15) is 0 Å². The Morgan fingerprint density at radius 1 is 1.39 bits per heavy atom. The second kappa shape index (κ2) is 3.86. The van der Waals surface area contributed by atoms with E-state index in [1.807, 2.05) is 4.57 Å². The number of rotatable bonds is 4. The summed E-state index contributed by atoms with van der Waals surface area (Å²) in [5, 5.41) is 2.62. The highest BCUT2D eigenvalue weighted by molar-refractivity contribution is 5.82. The Labute approximate surface area is 102 Å². The molecule has 0 radical (unpaired) electrons. The lowest BCUT2D eigenvalue weighted by molar-refractivity contribution is 0.0367. The van der Waals surface area contributed by atoms with Gasteiger partial charge in [-0.05, 0) is 12.8 Å². The predicted octanol–water partition coefficient (Wildman–Crippen LogP) is 2.23. The van der Waals surface area contributed by atoms with Gasteiger partial charge in [0, 0.05) is 13.0 Å². The van der Waals surface area contributed by atoms with Crippen LogP contribution in [0.15, 0.2) is 12.7 Å². The van der Waals surface area contributed by atoms with E-state index in [9.17, 15) is 8.78 Å². The molecular weight excluding hydrogens is 240 g/mol. The molecule has 0 bridgehead atoms. The van der Waals surface area contributed by atoms with Gasteiger partial charge in [-0.15, -0.1) is 0 Å². The zero-order valence-electron chi connectivity index (χ0n) is 9.90. The summed E-state index contributed by atoms with van der Waals surface area (Å²) in [7, 11) is 0. The standard InChI is InChI=1S/C11H13F2N5/c1-11(12,13)4-14-9-8-10(16-5-15-9)18(6-17-8)7-2-3-7/h5-7H,2-4H2,1H3,(H,14,15,16). The third-order valence-corrected chi connectivity index (χ3v) is 2.87. The zero-order valence-corrected chi connectivity index (χ0v) is 9.90. The topological polar surface area (TPSA) is 55.6 Å². The van der Waals surface area contributed by atoms with E-state index in [4.69, 9.17) is 0 Å². The molecule has 0 amide bonds. The number of alkyl halides is 2. The van der Waals surface area contributed by atoms with Crippen LogP contribution in [-0.2, 0) is 0 Å². The van der Waals surface area contributed by atoms with Gasteiger partial charge in [0.05, 0.1) is 12.9 Å². The minimum Gasteiger partial charge on any atom is -0.362 e. The summed E-state index contributed by atoms with van der Waals surface area (Å²) >= 11 is 0. The van der Waals surface area contributed by atoms with Crippen molar-refractivity contribution in [2.45, 2.75) is 31.7 Å². The highest BCUT2D eigenvalue weighted by atomic mass is 19.3. The minimum absolute atomic E-state index is 0.362. The van der Waals surface area contributed by atoms with E-state index in [1.54, 1.807) is 6.33 Å². The second-order valence-corrected chi connectivity index (χ2v) is 4.70. The Morgan fingerprint density at radius 2 is 2.17 bits per heavy atom. The van der Waals surface area contributed by atoms with Gasteiger partial charge < -0.3 is 9.88 Å². The van der Waals surface area contributed by atoms with Crippen LogP contribution in [0.1, 0.15) is 25.8 Å². The summed E-state index contributed by atoms with van der Waals surface area (Å²) in [5.41, 5.74) is 1.25. The summed E-state index contributed by atoms with van der Waals surface area (Å²) < 4.78 is 27.6. The largest absolute Gasteiger partial charge is 0.362 e. The van der Waals surface area contributed by atoms with Gasteiger partial charge in [0.25, 0.3) is 5.92 Å². The summed E-state index contributed by atoms with van der Waals surface area (Å²) in [6.07, 6.45) is 5.31. The van der Waals surface area contributed by atoms with E-state index in [2.05, 4.69) is 20.3 Å². The number of hydrogen-bond acceptors (Lipinski definition) is 4. The Hall–Kier alpha value is -1.79. The van der Waals surface area contributed by atoms with Gasteiger partial charge in [-0.25, -0.2) is 23.7 Å². The van der Waals surface area contributed by atoms with Gasteiger partial charge >= 0.3 is 0 Å². The van der Waals surface area contributed by atoms with E-state index in [-0.39, 0.29) is 0 Å². The maximum Gasteiger partial charge on any atom is 0.262 e. The Bertz CT molecular complexity index is 570. The van der Waals surface area contributed by atoms with E-state index < -0.39 is 12.5 Å². The second-order valence-electron chi connectivity index (χ2n) is 4.70. The number of imidazole rings is 1. The molecular formula is C11H13F2N5. The predicted molar refractivity (Wildman–Crippen MR) is 62.7 cm³/mol. The molecule has 7 heteroatoms. The number of fused-ring (bicyclic) bond motifs is 1. The number of nitrogens with zero attached hydrogens (tertiary/aromatic N) is 4. The maximum absolute atomic E-state index is 12.8. The van der Waals surface area contributed by atoms with Crippen LogP contribution in [0.25, 0.3) is 11.2 Å². The summed E-state index contributed by atoms with van der Waals surface area (Å²) in [4.78, 5) is 12.4. The van der Waals surface area contributed by atoms with Crippen molar-refractivity contribution in [1.82, 2.24) is 19.5 Å². The molecule has 2 aromatic rings. The van der Waals surface area contributed by atoms with Crippen molar-refractivity contribution in [2.75, 3.05) is 11.9 Å². The molecule has 96 valence electrons. The van der Waals surface area contributed by atoms with Crippen LogP contribution in [0, 0.1) is 0 Å². The highest BCUT2D eigenvalue weighted by Crippen LogP contribution is 2.37. The highest BCUT2D eigenvalue weighted by Gasteiger charge is 2.27. The van der Waals surface area contributed by atoms with Crippen LogP contribution >= 0.6 is 0 Å². The van der Waals surface area contributed by atoms with Crippen LogP contribution in [0.2, 0.25) is 0 Å². The van der Waals surface area contributed by atoms with Gasteiger partial charge in [0.2, 0.25) is 0 Å². The monoisotopic (exact) mass is 253 g/mol. The molecule has 1 aliphatic carbocycles. The van der Waals surface area contributed by atoms with Crippen molar-refractivity contribution < 1.29 is 8.78 Å². The molecule has 1 saturated carbocycles. The first-order valence-corrected chi connectivity index (χ1v) is 5.84. The first-order chi connectivity index (χ1) is 8.54. The lowest BCUT2D eigenvalue weighted by atomic mass is 10.4. The lowest BCUT2D eigenvalue weighted by Gasteiger charge is -2.11. The zero-order chi connectivity index (χ0) is 12.8. The van der Waals surface area contributed by atoms with Crippen molar-refractivity contribution in [3.8, 4) is 0 Å². The lowest BCUT2D eigenvalue weighted by Crippen LogP contribution is -2.23. The molecule has 1 N–H and O–H groups in total. The summed E-state index contributed by atoms with van der Waals surface area (Å²) in [6.45, 7) is 0.399. The molecule has 0 aliphatic heterocycles. The molecule has 0 unspecified atom stereocenters. The van der Waals surface area contributed by atoms with E-state index >= 15 is 0 Å². The molecule has 0 spiro atoms. The third kappa shape index (κ3) is 2.12. The smallest absolute Gasteiger partial charge is 0.262 e. The summed E-state index contributed by atoms with van der Waals surface area (Å²) in [6, 6.07) is 0.449. The van der Waals surface area contributed by atoms with Crippen LogP contribution in [0.5, 0.6) is 0 Å². The van der Waals surface area contributed by atoms with E-state index in [0.29, 0.717) is 23.0 Å². The van der Waals surface area contributed by atoms with Gasteiger partial charge in [0.15, 0.2) is 11.5 Å². The third-order valence-electron chi connectivity index (χ3n) is 2.87. The number of hydrogen-bond donors (Lipinski definition) is 1. The Balaban J connectivity index is 1.92. The molecule has 2 heterocycles. The molecule has 18 heavy (non-hydrogen) atoms. The van der Waals surface area contributed by atoms with Gasteiger partial charge in [-0.1, -0.05) is 0 Å². The Morgan fingerprint density at radius 3 is 2.83 bits per heavy atom. The van der Waals surface area contributed by atoms with Crippen LogP contribution < -0.4 is 5.32 Å². The number of nitrogens with one attached hydrogen (secondary N) is 1. The fourth-order valence-corrected chi connectivity index (χ4v) is 1.84. The van der Waals surface area contributed by atoms with Crippen molar-refractivity contribution in [1.29, 1.82) is 0 Å². The Kier molecular flexibility index (Phi) is 2.42. The average Bonchev–Trinajstić information content (AvgIpc) is 3.05. The average molecular weight is 253 g/mol. The van der Waals surface area contributed by atoms with E-state index in [0.717, 1.165) is 19.8 Å². The van der Waals surface area contributed by atoms with Crippen LogP contribution in [-0.4, -0.2) is 32.0 Å². The van der Waals surface area contributed by atoms with E-state index in [1.165, 1.54) is 6.33 Å². The quantitative estimate of drug-likeness (QED) is 0.907. The molecule has 1 aliphatic rings. The molecule has 3 rings (SSSR count). The first-order valence-electron chi connectivity index (χ1n) is 5.84. The maximum atomic E-state index is 12.8. The number of anilines is 1. The van der Waals surface area contributed by atoms with Gasteiger partial charge in [0.1, 0.15) is 11.8 Å². The number of aromatic nitrogens is 4. The summed E-state index contributed by atoms with van der Waals surface area (Å²) in [5.74, 6) is -2.42. The molecule has 0 aromatic carbocycles. The molecule has 5 nitrogen and oxygen atoms in total. The van der Waals surface area contributed by atoms with Gasteiger partial charge in [-0.3, -0.25) is 0 Å². The molecule has 1 fully saturated rings. The first kappa shape index (κ1) is 11.3. The molecule has 2 aromatic heterocycles. The molecule has 0 atom stereocenters. The fourth-order valence-electron chi connectivity index (χ4n) is 1.84. The number of halogens is 2. The SMILES string of the molecule is CC(F)(F)CNc1ncnc2c1ncn2C1CC1. The van der Waals surface area contributed by atoms with Crippen LogP contribution in [0.3, 0.4) is 0 Å². The van der Waals surface area contributed by atoms with Crippen molar-refractivity contribution in [2.24, 2.45) is 0 Å². The molecule has 0 saturated heterocycles. The van der Waals surface area contributed by atoms with Crippen molar-refractivity contribution in [3.05, 3.63) is 12.7 Å². The van der Waals surface area contributed by atoms with Crippen LogP contribution in [0.4, 0.5) is 14.6 Å². The fraction of sp³-hybridized carbons (Fsp3) is 0.545.